The van der Waals surface area contributed by atoms with Crippen LogP contribution in [-0.4, -0.2) is 10.7 Å². The van der Waals surface area contributed by atoms with Crippen molar-refractivity contribution in [2.24, 2.45) is 0 Å². The predicted octanol–water partition coefficient (Wildman–Crippen LogP) is 2.51. The Balaban J connectivity index is 1.91. The molecule has 1 fully saturated rings. The molecular weight excluding hydrogens is 168 g/mol. The van der Waals surface area contributed by atoms with Crippen LogP contribution in [0.4, 0.5) is 0 Å². The van der Waals surface area contributed by atoms with E-state index in [-0.39, 0.29) is 5.60 Å². The molecule has 66 valence electrons. The molecule has 0 bridgehead atoms. The highest BCUT2D eigenvalue weighted by atomic mass is 32.1. The molecule has 1 aliphatic carbocycles. The zero-order valence-electron chi connectivity index (χ0n) is 7.34. The van der Waals surface area contributed by atoms with Gasteiger partial charge in [-0.1, -0.05) is 0 Å². The van der Waals surface area contributed by atoms with E-state index in [0.717, 1.165) is 25.7 Å². The summed E-state index contributed by atoms with van der Waals surface area (Å²) in [4.78, 5) is 1.44. The highest BCUT2D eigenvalue weighted by molar-refractivity contribution is 7.10. The van der Waals surface area contributed by atoms with Crippen molar-refractivity contribution in [2.75, 3.05) is 0 Å². The highest BCUT2D eigenvalue weighted by Crippen LogP contribution is 2.39. The van der Waals surface area contributed by atoms with Gasteiger partial charge in [0.05, 0.1) is 5.60 Å². The molecule has 1 N–H and O–H groups in total. The molecule has 0 unspecified atom stereocenters. The van der Waals surface area contributed by atoms with Crippen LogP contribution in [0.5, 0.6) is 0 Å². The molecule has 1 aliphatic rings. The molecule has 12 heavy (non-hydrogen) atoms. The van der Waals surface area contributed by atoms with E-state index in [1.807, 2.05) is 0 Å². The molecule has 0 aliphatic heterocycles. The molecule has 1 nitrogen and oxygen atoms in total. The van der Waals surface area contributed by atoms with E-state index in [2.05, 4.69) is 18.4 Å². The molecule has 0 spiro atoms. The zero-order valence-corrected chi connectivity index (χ0v) is 8.16. The average Bonchev–Trinajstić information content (AvgIpc) is 2.61. The van der Waals surface area contributed by atoms with Crippen molar-refractivity contribution in [1.29, 1.82) is 0 Å². The fourth-order valence-corrected chi connectivity index (χ4v) is 2.31. The van der Waals surface area contributed by atoms with E-state index >= 15 is 0 Å². The lowest BCUT2D eigenvalue weighted by molar-refractivity contribution is 0.141. The Labute approximate surface area is 77.0 Å². The average molecular weight is 182 g/mol. The normalized spacial score (nSPS) is 19.5. The quantitative estimate of drug-likeness (QED) is 0.761. The minimum absolute atomic E-state index is 0.281. The Bertz CT molecular complexity index is 273. The largest absolute Gasteiger partial charge is 0.390 e. The number of aliphatic hydroxyl groups is 1. The molecule has 1 aromatic heterocycles. The van der Waals surface area contributed by atoms with Gasteiger partial charge in [0.2, 0.25) is 0 Å². The summed E-state index contributed by atoms with van der Waals surface area (Å²) >= 11 is 1.81. The summed E-state index contributed by atoms with van der Waals surface area (Å²) in [5.74, 6) is 0. The first-order valence-corrected chi connectivity index (χ1v) is 5.33. The van der Waals surface area contributed by atoms with Crippen molar-refractivity contribution in [3.63, 3.8) is 0 Å². The highest BCUT2D eigenvalue weighted by Gasteiger charge is 2.39. The summed E-state index contributed by atoms with van der Waals surface area (Å²) in [6.45, 7) is 2.14. The third-order valence-electron chi connectivity index (χ3n) is 2.61. The van der Waals surface area contributed by atoms with Gasteiger partial charge < -0.3 is 5.11 Å². The van der Waals surface area contributed by atoms with Gasteiger partial charge in [-0.25, -0.2) is 0 Å². The fourth-order valence-electron chi connectivity index (χ4n) is 1.40. The second-order valence-corrected chi connectivity index (χ2v) is 4.75. The Morgan fingerprint density at radius 3 is 2.83 bits per heavy atom. The van der Waals surface area contributed by atoms with Crippen LogP contribution in [0.2, 0.25) is 0 Å². The van der Waals surface area contributed by atoms with Crippen molar-refractivity contribution < 1.29 is 5.11 Å². The van der Waals surface area contributed by atoms with Crippen LogP contribution in [0, 0.1) is 6.92 Å². The summed E-state index contributed by atoms with van der Waals surface area (Å²) < 4.78 is 0. The number of aryl methyl sites for hydroxylation is 2. The molecule has 0 amide bonds. The first kappa shape index (κ1) is 8.27. The second kappa shape index (κ2) is 2.86. The number of rotatable bonds is 3. The summed E-state index contributed by atoms with van der Waals surface area (Å²) in [5.41, 5.74) is 1.10. The van der Waals surface area contributed by atoms with E-state index < -0.39 is 0 Å². The van der Waals surface area contributed by atoms with Gasteiger partial charge in [0.25, 0.3) is 0 Å². The predicted molar refractivity (Wildman–Crippen MR) is 51.6 cm³/mol. The van der Waals surface area contributed by atoms with E-state index in [4.69, 9.17) is 0 Å². The van der Waals surface area contributed by atoms with Gasteiger partial charge in [-0.2, -0.15) is 0 Å². The van der Waals surface area contributed by atoms with Gasteiger partial charge in [-0.3, -0.25) is 0 Å². The van der Waals surface area contributed by atoms with Gasteiger partial charge in [0, 0.05) is 4.88 Å². The molecule has 2 heteroatoms. The maximum Gasteiger partial charge on any atom is 0.0653 e. The first-order valence-electron chi connectivity index (χ1n) is 4.45. The van der Waals surface area contributed by atoms with Crippen molar-refractivity contribution in [1.82, 2.24) is 0 Å². The van der Waals surface area contributed by atoms with Gasteiger partial charge >= 0.3 is 0 Å². The van der Waals surface area contributed by atoms with Crippen molar-refractivity contribution in [3.05, 3.63) is 21.9 Å². The topological polar surface area (TPSA) is 20.2 Å². The smallest absolute Gasteiger partial charge is 0.0653 e. The van der Waals surface area contributed by atoms with E-state index in [1.165, 1.54) is 10.4 Å². The van der Waals surface area contributed by atoms with Crippen LogP contribution >= 0.6 is 11.3 Å². The van der Waals surface area contributed by atoms with Gasteiger partial charge in [0.15, 0.2) is 0 Å². The lowest BCUT2D eigenvalue weighted by atomic mass is 10.1. The molecular formula is C10H14OS. The van der Waals surface area contributed by atoms with Gasteiger partial charge in [-0.15, -0.1) is 11.3 Å². The molecule has 0 saturated heterocycles. The monoisotopic (exact) mass is 182 g/mol. The summed E-state index contributed by atoms with van der Waals surface area (Å²) in [5, 5.41) is 11.7. The minimum Gasteiger partial charge on any atom is -0.390 e. The SMILES string of the molecule is Cc1ccsc1CCC1(O)CC1. The van der Waals surface area contributed by atoms with Gasteiger partial charge in [0.1, 0.15) is 0 Å². The first-order chi connectivity index (χ1) is 5.70. The van der Waals surface area contributed by atoms with Crippen LogP contribution in [0.3, 0.4) is 0 Å². The van der Waals surface area contributed by atoms with Crippen molar-refractivity contribution in [2.45, 2.75) is 38.2 Å². The fraction of sp³-hybridized carbons (Fsp3) is 0.600. The molecule has 1 heterocycles. The lowest BCUT2D eigenvalue weighted by Crippen LogP contribution is -2.07. The third-order valence-corrected chi connectivity index (χ3v) is 3.70. The maximum atomic E-state index is 9.62. The van der Waals surface area contributed by atoms with Crippen LogP contribution in [0.25, 0.3) is 0 Å². The molecule has 0 aromatic carbocycles. The standard InChI is InChI=1S/C10H14OS/c1-8-3-7-12-9(8)2-4-10(11)5-6-10/h3,7,11H,2,4-6H2,1H3. The summed E-state index contributed by atoms with van der Waals surface area (Å²) in [7, 11) is 0. The maximum absolute atomic E-state index is 9.62. The molecule has 0 radical (unpaired) electrons. The molecule has 2 rings (SSSR count). The second-order valence-electron chi connectivity index (χ2n) is 3.75. The minimum atomic E-state index is -0.281. The third kappa shape index (κ3) is 1.70. The Kier molecular flexibility index (Phi) is 1.97. The summed E-state index contributed by atoms with van der Waals surface area (Å²) in [6, 6.07) is 2.15. The number of thiophene rings is 1. The number of hydrogen-bond donors (Lipinski definition) is 1. The Hall–Kier alpha value is -0.340. The van der Waals surface area contributed by atoms with Crippen LogP contribution in [-0.2, 0) is 6.42 Å². The van der Waals surface area contributed by atoms with E-state index in [1.54, 1.807) is 11.3 Å². The Morgan fingerprint density at radius 1 is 1.58 bits per heavy atom. The molecule has 1 aromatic rings. The van der Waals surface area contributed by atoms with E-state index in [9.17, 15) is 5.11 Å². The van der Waals surface area contributed by atoms with Crippen molar-refractivity contribution >= 4 is 11.3 Å². The molecule has 0 atom stereocenters. The summed E-state index contributed by atoms with van der Waals surface area (Å²) in [6.07, 6.45) is 4.03. The van der Waals surface area contributed by atoms with Crippen LogP contribution in [0.1, 0.15) is 29.7 Å². The number of hydrogen-bond acceptors (Lipinski definition) is 2. The Morgan fingerprint density at radius 2 is 2.33 bits per heavy atom. The molecule has 1 saturated carbocycles. The van der Waals surface area contributed by atoms with Crippen LogP contribution < -0.4 is 0 Å². The van der Waals surface area contributed by atoms with E-state index in [0.29, 0.717) is 0 Å². The van der Waals surface area contributed by atoms with Crippen molar-refractivity contribution in [3.8, 4) is 0 Å². The zero-order chi connectivity index (χ0) is 8.60. The lowest BCUT2D eigenvalue weighted by Gasteiger charge is -2.05. The van der Waals surface area contributed by atoms with Gasteiger partial charge in [-0.05, 0) is 49.6 Å². The van der Waals surface area contributed by atoms with Crippen LogP contribution in [0.15, 0.2) is 11.4 Å².